The van der Waals surface area contributed by atoms with Gasteiger partial charge in [-0.1, -0.05) is 0 Å². The Labute approximate surface area is 174 Å². The van der Waals surface area contributed by atoms with E-state index in [2.05, 4.69) is 20.0 Å². The highest BCUT2D eigenvalue weighted by molar-refractivity contribution is 5.68. The summed E-state index contributed by atoms with van der Waals surface area (Å²) in [7, 11) is 1.93. The van der Waals surface area contributed by atoms with Gasteiger partial charge in [0, 0.05) is 32.1 Å². The lowest BCUT2D eigenvalue weighted by Gasteiger charge is -2.34. The smallest absolute Gasteiger partial charge is 0.410 e. The summed E-state index contributed by atoms with van der Waals surface area (Å²) in [6.45, 7) is 7.16. The first-order valence-electron chi connectivity index (χ1n) is 10.2. The van der Waals surface area contributed by atoms with Crippen LogP contribution in [0.15, 0.2) is 12.5 Å². The maximum absolute atomic E-state index is 14.8. The van der Waals surface area contributed by atoms with E-state index < -0.39 is 18.4 Å². The molecular formula is C20H27FN6O3. The van der Waals surface area contributed by atoms with Crippen LogP contribution in [0.3, 0.4) is 0 Å². The van der Waals surface area contributed by atoms with Gasteiger partial charge in [0.2, 0.25) is 5.88 Å². The fraction of sp³-hybridized carbons (Fsp3) is 0.600. The molecule has 2 aliphatic rings. The minimum atomic E-state index is -1.32. The van der Waals surface area contributed by atoms with Gasteiger partial charge in [0.15, 0.2) is 6.17 Å². The van der Waals surface area contributed by atoms with Crippen molar-refractivity contribution in [2.45, 2.75) is 58.7 Å². The summed E-state index contributed by atoms with van der Waals surface area (Å²) >= 11 is 0. The largest absolute Gasteiger partial charge is 0.471 e. The molecule has 0 aliphatic carbocycles. The van der Waals surface area contributed by atoms with Gasteiger partial charge in [-0.2, -0.15) is 5.10 Å². The maximum atomic E-state index is 14.8. The van der Waals surface area contributed by atoms with Crippen molar-refractivity contribution < 1.29 is 18.7 Å². The molecule has 4 rings (SSSR count). The lowest BCUT2D eigenvalue weighted by atomic mass is 10.1. The number of carbonyl (C=O) groups excluding carboxylic acids is 1. The van der Waals surface area contributed by atoms with Crippen molar-refractivity contribution in [3.05, 3.63) is 29.3 Å². The summed E-state index contributed by atoms with van der Waals surface area (Å²) in [5.74, 6) is 1.14. The third-order valence-corrected chi connectivity index (χ3v) is 5.50. The second kappa shape index (κ2) is 8.08. The zero-order valence-corrected chi connectivity index (χ0v) is 17.7. The molecule has 0 bridgehead atoms. The standard InChI is InChI=1S/C20H27FN6O3/c1-12(2)29-20(28)26-6-5-17(15(21)9-26)30-19-13(3)18(22-11-23-19)27-8-14-7-24-25(4)16(14)10-27/h7,11-12,15,17H,5-6,8-10H2,1-4H3/t15-,17+/m1/s1. The Bertz CT molecular complexity index is 933. The molecule has 30 heavy (non-hydrogen) atoms. The molecule has 0 unspecified atom stereocenters. The van der Waals surface area contributed by atoms with Gasteiger partial charge >= 0.3 is 6.09 Å². The molecule has 0 spiro atoms. The maximum Gasteiger partial charge on any atom is 0.410 e. The molecule has 1 saturated heterocycles. The van der Waals surface area contributed by atoms with Gasteiger partial charge in [-0.15, -0.1) is 0 Å². The fourth-order valence-corrected chi connectivity index (χ4v) is 3.90. The van der Waals surface area contributed by atoms with Gasteiger partial charge in [0.25, 0.3) is 0 Å². The van der Waals surface area contributed by atoms with Crippen LogP contribution in [0.1, 0.15) is 37.1 Å². The monoisotopic (exact) mass is 418 g/mol. The van der Waals surface area contributed by atoms with Crippen LogP contribution < -0.4 is 9.64 Å². The highest BCUT2D eigenvalue weighted by Gasteiger charge is 2.35. The number of anilines is 1. The number of nitrogens with zero attached hydrogens (tertiary/aromatic N) is 6. The van der Waals surface area contributed by atoms with Crippen LogP contribution in [0.4, 0.5) is 15.0 Å². The lowest BCUT2D eigenvalue weighted by molar-refractivity contribution is 0.00779. The Kier molecular flexibility index (Phi) is 5.48. The van der Waals surface area contributed by atoms with E-state index in [1.807, 2.05) is 24.9 Å². The molecule has 1 fully saturated rings. The molecule has 162 valence electrons. The first-order chi connectivity index (χ1) is 14.3. The molecule has 0 radical (unpaired) electrons. The summed E-state index contributed by atoms with van der Waals surface area (Å²) in [6, 6.07) is 0. The number of alkyl halides is 1. The van der Waals surface area contributed by atoms with E-state index in [1.165, 1.54) is 16.8 Å². The molecule has 0 N–H and O–H groups in total. The number of aryl methyl sites for hydroxylation is 1. The number of fused-ring (bicyclic) bond motifs is 1. The topological polar surface area (TPSA) is 85.6 Å². The number of carbonyl (C=O) groups is 1. The van der Waals surface area contributed by atoms with Gasteiger partial charge in [0.05, 0.1) is 36.6 Å². The van der Waals surface area contributed by atoms with E-state index in [-0.39, 0.29) is 12.6 Å². The van der Waals surface area contributed by atoms with Crippen molar-refractivity contribution >= 4 is 11.9 Å². The third kappa shape index (κ3) is 3.90. The van der Waals surface area contributed by atoms with E-state index in [1.54, 1.807) is 13.8 Å². The molecule has 2 aliphatic heterocycles. The second-order valence-electron chi connectivity index (χ2n) is 8.06. The van der Waals surface area contributed by atoms with Gasteiger partial charge in [0.1, 0.15) is 18.2 Å². The molecule has 9 nitrogen and oxygen atoms in total. The Hall–Kier alpha value is -2.91. The highest BCUT2D eigenvalue weighted by Crippen LogP contribution is 2.32. The van der Waals surface area contributed by atoms with Crippen LogP contribution in [0.5, 0.6) is 5.88 Å². The number of aromatic nitrogens is 4. The first kappa shape index (κ1) is 20.4. The average Bonchev–Trinajstić information content (AvgIpc) is 3.26. The molecule has 10 heteroatoms. The van der Waals surface area contributed by atoms with Crippen LogP contribution in [0, 0.1) is 6.92 Å². The van der Waals surface area contributed by atoms with Crippen LogP contribution in [-0.4, -0.2) is 62.2 Å². The Morgan fingerprint density at radius 3 is 2.80 bits per heavy atom. The lowest BCUT2D eigenvalue weighted by Crippen LogP contribution is -2.49. The number of ether oxygens (including phenoxy) is 2. The average molecular weight is 418 g/mol. The number of halogens is 1. The predicted molar refractivity (Wildman–Crippen MR) is 107 cm³/mol. The van der Waals surface area contributed by atoms with Crippen molar-refractivity contribution in [1.82, 2.24) is 24.6 Å². The van der Waals surface area contributed by atoms with Crippen LogP contribution >= 0.6 is 0 Å². The predicted octanol–water partition coefficient (Wildman–Crippen LogP) is 2.37. The summed E-state index contributed by atoms with van der Waals surface area (Å²) in [4.78, 5) is 24.2. The number of rotatable bonds is 4. The van der Waals surface area contributed by atoms with E-state index in [0.29, 0.717) is 31.9 Å². The van der Waals surface area contributed by atoms with Crippen LogP contribution in [-0.2, 0) is 24.9 Å². The summed E-state index contributed by atoms with van der Waals surface area (Å²) in [5, 5.41) is 4.28. The Morgan fingerprint density at radius 1 is 1.30 bits per heavy atom. The van der Waals surface area contributed by atoms with Crippen molar-refractivity contribution in [3.8, 4) is 5.88 Å². The molecule has 2 atom stereocenters. The van der Waals surface area contributed by atoms with Crippen molar-refractivity contribution in [1.29, 1.82) is 0 Å². The first-order valence-corrected chi connectivity index (χ1v) is 10.2. The Morgan fingerprint density at radius 2 is 2.10 bits per heavy atom. The van der Waals surface area contributed by atoms with Crippen LogP contribution in [0.25, 0.3) is 0 Å². The zero-order chi connectivity index (χ0) is 21.4. The molecule has 0 saturated carbocycles. The number of amides is 1. The fourth-order valence-electron chi connectivity index (χ4n) is 3.90. The second-order valence-corrected chi connectivity index (χ2v) is 8.06. The third-order valence-electron chi connectivity index (χ3n) is 5.50. The van der Waals surface area contributed by atoms with Gasteiger partial charge < -0.3 is 19.3 Å². The molecular weight excluding hydrogens is 391 g/mol. The van der Waals surface area contributed by atoms with E-state index >= 15 is 0 Å². The van der Waals surface area contributed by atoms with E-state index in [9.17, 15) is 9.18 Å². The molecule has 0 aromatic carbocycles. The normalized spacial score (nSPS) is 21.1. The van der Waals surface area contributed by atoms with Crippen molar-refractivity contribution in [3.63, 3.8) is 0 Å². The zero-order valence-electron chi connectivity index (χ0n) is 17.7. The number of hydrogen-bond donors (Lipinski definition) is 0. The minimum absolute atomic E-state index is 0.0539. The number of piperidine rings is 1. The van der Waals surface area contributed by atoms with Gasteiger partial charge in [-0.25, -0.2) is 19.2 Å². The van der Waals surface area contributed by atoms with Crippen LogP contribution in [0.2, 0.25) is 0 Å². The minimum Gasteiger partial charge on any atom is -0.471 e. The Balaban J connectivity index is 1.42. The van der Waals surface area contributed by atoms with Crippen molar-refractivity contribution in [2.24, 2.45) is 7.05 Å². The molecule has 1 amide bonds. The number of hydrogen-bond acceptors (Lipinski definition) is 7. The quantitative estimate of drug-likeness (QED) is 0.754. The SMILES string of the molecule is Cc1c(O[C@H]2CCN(C(=O)OC(C)C)C[C@H]2F)ncnc1N1Cc2cnn(C)c2C1. The van der Waals surface area contributed by atoms with Gasteiger partial charge in [-0.3, -0.25) is 4.68 Å². The molecule has 2 aromatic heterocycles. The summed E-state index contributed by atoms with van der Waals surface area (Å²) < 4.78 is 27.7. The summed E-state index contributed by atoms with van der Waals surface area (Å²) in [6.07, 6.45) is 0.964. The van der Waals surface area contributed by atoms with Crippen molar-refractivity contribution in [2.75, 3.05) is 18.0 Å². The summed E-state index contributed by atoms with van der Waals surface area (Å²) in [5.41, 5.74) is 3.09. The molecule has 4 heterocycles. The van der Waals surface area contributed by atoms with E-state index in [4.69, 9.17) is 9.47 Å². The molecule has 2 aromatic rings. The number of likely N-dealkylation sites (tertiary alicyclic amines) is 1. The highest BCUT2D eigenvalue weighted by atomic mass is 19.1. The van der Waals surface area contributed by atoms with Gasteiger partial charge in [-0.05, 0) is 20.8 Å². The van der Waals surface area contributed by atoms with E-state index in [0.717, 1.165) is 17.1 Å².